The molecule has 0 fully saturated rings. The van der Waals surface area contributed by atoms with Crippen LogP contribution in [0, 0.1) is 0 Å². The minimum absolute atomic E-state index is 0.0181. The quantitative estimate of drug-likeness (QED) is 0.171. The molecular weight excluding hydrogens is 419 g/mol. The molecule has 0 bridgehead atoms. The minimum atomic E-state index is -4.49. The van der Waals surface area contributed by atoms with E-state index in [4.69, 9.17) is 17.3 Å². The molecule has 0 aliphatic heterocycles. The average molecular weight is 441 g/mol. The average Bonchev–Trinajstić information content (AvgIpc) is 3.18. The van der Waals surface area contributed by atoms with Crippen molar-refractivity contribution < 1.29 is 22.8 Å². The second-order valence-corrected chi connectivity index (χ2v) is 6.48. The van der Waals surface area contributed by atoms with Crippen molar-refractivity contribution >= 4 is 11.8 Å². The van der Waals surface area contributed by atoms with Gasteiger partial charge in [0.2, 0.25) is 0 Å². The van der Waals surface area contributed by atoms with Gasteiger partial charge in [-0.15, -0.1) is 5.10 Å². The molecule has 2 aromatic rings. The molecule has 0 aliphatic carbocycles. The van der Waals surface area contributed by atoms with Gasteiger partial charge in [-0.05, 0) is 25.0 Å². The number of unbranched alkanes of at least 4 members (excludes halogenated alkanes) is 1. The van der Waals surface area contributed by atoms with Crippen LogP contribution < -0.4 is 22.6 Å². The van der Waals surface area contributed by atoms with Crippen molar-refractivity contribution in [1.82, 2.24) is 30.3 Å². The minimum Gasteiger partial charge on any atom is -0.393 e. The number of carbonyl (C=O) groups excluding carboxylic acids is 2. The number of carbonyl (C=O) groups is 2. The summed E-state index contributed by atoms with van der Waals surface area (Å²) in [5, 5.41) is 11.3. The van der Waals surface area contributed by atoms with Crippen LogP contribution >= 0.6 is 0 Å². The maximum Gasteiger partial charge on any atom is 0.416 e. The van der Waals surface area contributed by atoms with E-state index in [1.165, 1.54) is 22.1 Å². The number of hydrazine groups is 1. The highest BCUT2D eigenvalue weighted by atomic mass is 19.4. The highest BCUT2D eigenvalue weighted by molar-refractivity contribution is 5.91. The number of alkyl halides is 3. The zero-order valence-corrected chi connectivity index (χ0v) is 16.3. The number of rotatable bonds is 10. The number of nitrogens with zero attached hydrogens (tertiary/aromatic N) is 5. The summed E-state index contributed by atoms with van der Waals surface area (Å²) < 4.78 is 39.6. The molecular formula is C17H22F3N9O2. The number of hydrogen-bond donors (Lipinski definition) is 4. The van der Waals surface area contributed by atoms with E-state index < -0.39 is 23.6 Å². The number of aromatic nitrogens is 4. The Labute approximate surface area is 175 Å². The summed E-state index contributed by atoms with van der Waals surface area (Å²) in [5.74, 6) is 4.30. The van der Waals surface area contributed by atoms with E-state index >= 15 is 0 Å². The van der Waals surface area contributed by atoms with Crippen LogP contribution in [-0.2, 0) is 24.1 Å². The van der Waals surface area contributed by atoms with Crippen LogP contribution in [0.2, 0.25) is 0 Å². The Morgan fingerprint density at radius 1 is 1.26 bits per heavy atom. The fraction of sp³-hybridized carbons (Fsp3) is 0.353. The molecule has 0 saturated heterocycles. The van der Waals surface area contributed by atoms with Crippen LogP contribution in [0.15, 0.2) is 36.4 Å². The smallest absolute Gasteiger partial charge is 0.393 e. The van der Waals surface area contributed by atoms with E-state index in [2.05, 4.69) is 20.6 Å². The van der Waals surface area contributed by atoms with Gasteiger partial charge in [0.25, 0.3) is 11.8 Å². The number of nitrogens with two attached hydrogens (primary N) is 3. The van der Waals surface area contributed by atoms with Crippen molar-refractivity contribution in [2.75, 3.05) is 6.54 Å². The Kier molecular flexibility index (Phi) is 7.90. The first-order valence-electron chi connectivity index (χ1n) is 9.05. The molecule has 2 amide bonds. The number of amides is 2. The third-order valence-electron chi connectivity index (χ3n) is 3.99. The van der Waals surface area contributed by atoms with Crippen LogP contribution in [0.5, 0.6) is 0 Å². The second-order valence-electron chi connectivity index (χ2n) is 6.48. The lowest BCUT2D eigenvalue weighted by Crippen LogP contribution is -2.30. The SMILES string of the molecule is NC(=O)/C(N)=C/N(N)CCCCn1cc(C(=O)NCc2cc(C(F)(F)F)ccn2)nn1. The van der Waals surface area contributed by atoms with E-state index in [1.54, 1.807) is 0 Å². The third kappa shape index (κ3) is 7.58. The van der Waals surface area contributed by atoms with Crippen LogP contribution in [0.25, 0.3) is 0 Å². The van der Waals surface area contributed by atoms with Crippen molar-refractivity contribution in [2.45, 2.75) is 32.1 Å². The first-order valence-corrected chi connectivity index (χ1v) is 9.05. The zero-order chi connectivity index (χ0) is 23.0. The normalized spacial score (nSPS) is 11.9. The zero-order valence-electron chi connectivity index (χ0n) is 16.3. The Balaban J connectivity index is 1.78. The molecule has 0 atom stereocenters. The maximum absolute atomic E-state index is 12.7. The largest absolute Gasteiger partial charge is 0.416 e. The summed E-state index contributed by atoms with van der Waals surface area (Å²) in [5.41, 5.74) is 9.47. The highest BCUT2D eigenvalue weighted by Gasteiger charge is 2.30. The topological polar surface area (TPSA) is 171 Å². The van der Waals surface area contributed by atoms with Crippen LogP contribution in [0.3, 0.4) is 0 Å². The molecule has 0 aliphatic rings. The molecule has 11 nitrogen and oxygen atoms in total. The summed E-state index contributed by atoms with van der Waals surface area (Å²) in [6.07, 6.45) is 0.453. The maximum atomic E-state index is 12.7. The fourth-order valence-electron chi connectivity index (χ4n) is 2.40. The molecule has 2 heterocycles. The van der Waals surface area contributed by atoms with Crippen molar-refractivity contribution in [1.29, 1.82) is 0 Å². The number of aryl methyl sites for hydroxylation is 1. The number of pyridine rings is 1. The molecule has 0 saturated carbocycles. The molecule has 168 valence electrons. The summed E-state index contributed by atoms with van der Waals surface area (Å²) in [6, 6.07) is 1.72. The molecule has 0 unspecified atom stereocenters. The summed E-state index contributed by atoms with van der Waals surface area (Å²) >= 11 is 0. The molecule has 0 aromatic carbocycles. The van der Waals surface area contributed by atoms with Gasteiger partial charge in [0.05, 0.1) is 24.0 Å². The number of nitrogens with one attached hydrogen (secondary N) is 1. The van der Waals surface area contributed by atoms with Crippen LogP contribution in [0.1, 0.15) is 34.6 Å². The van der Waals surface area contributed by atoms with E-state index in [0.29, 0.717) is 25.9 Å². The Morgan fingerprint density at radius 3 is 2.68 bits per heavy atom. The first kappa shape index (κ1) is 23.6. The number of halogens is 3. The fourth-order valence-corrected chi connectivity index (χ4v) is 2.40. The monoisotopic (exact) mass is 441 g/mol. The van der Waals surface area contributed by atoms with Gasteiger partial charge in [-0.25, -0.2) is 5.84 Å². The summed E-state index contributed by atoms with van der Waals surface area (Å²) in [7, 11) is 0. The Bertz CT molecular complexity index is 943. The number of primary amides is 1. The molecule has 2 rings (SSSR count). The Hall–Kier alpha value is -3.68. The predicted octanol–water partition coefficient (Wildman–Crippen LogP) is -0.137. The molecule has 0 spiro atoms. The first-order chi connectivity index (χ1) is 14.6. The van der Waals surface area contributed by atoms with Crippen LogP contribution in [0.4, 0.5) is 13.2 Å². The highest BCUT2D eigenvalue weighted by Crippen LogP contribution is 2.28. The van der Waals surface area contributed by atoms with Gasteiger partial charge >= 0.3 is 6.18 Å². The van der Waals surface area contributed by atoms with Crippen molar-refractivity contribution in [3.63, 3.8) is 0 Å². The standard InChI is InChI=1S/C17H22F3N9O2/c18-17(19,20)11-3-4-24-12(7-11)8-25-16(31)14-10-29(27-26-14)6-2-1-5-28(23)9-13(21)15(22)30/h3-4,7,9-10H,1-2,5-6,8,21,23H2,(H2,22,30)(H,25,31)/b13-9-. The molecule has 2 aromatic heterocycles. The molecule has 31 heavy (non-hydrogen) atoms. The second kappa shape index (κ2) is 10.4. The van der Waals surface area contributed by atoms with Gasteiger partial charge in [-0.1, -0.05) is 5.21 Å². The Morgan fingerprint density at radius 2 is 2.00 bits per heavy atom. The molecule has 0 radical (unpaired) electrons. The third-order valence-corrected chi connectivity index (χ3v) is 3.99. The predicted molar refractivity (Wildman–Crippen MR) is 102 cm³/mol. The van der Waals surface area contributed by atoms with Gasteiger partial charge in [0.15, 0.2) is 5.69 Å². The van der Waals surface area contributed by atoms with E-state index in [0.717, 1.165) is 18.3 Å². The van der Waals surface area contributed by atoms with Crippen molar-refractivity contribution in [2.24, 2.45) is 17.3 Å². The van der Waals surface area contributed by atoms with Crippen molar-refractivity contribution in [3.8, 4) is 0 Å². The summed E-state index contributed by atoms with van der Waals surface area (Å²) in [6.45, 7) is 0.655. The molecule has 14 heteroatoms. The van der Waals surface area contributed by atoms with E-state index in [-0.39, 0.29) is 23.6 Å². The van der Waals surface area contributed by atoms with Crippen LogP contribution in [-0.4, -0.2) is 43.3 Å². The van der Waals surface area contributed by atoms with E-state index in [1.807, 2.05) is 0 Å². The molecule has 7 N–H and O–H groups in total. The number of hydrogen-bond acceptors (Lipinski definition) is 8. The summed E-state index contributed by atoms with van der Waals surface area (Å²) in [4.78, 5) is 26.8. The van der Waals surface area contributed by atoms with Gasteiger partial charge in [0.1, 0.15) is 5.70 Å². The lowest BCUT2D eigenvalue weighted by molar-refractivity contribution is -0.137. The van der Waals surface area contributed by atoms with Gasteiger partial charge in [0, 0.05) is 25.5 Å². The van der Waals surface area contributed by atoms with Gasteiger partial charge in [-0.2, -0.15) is 13.2 Å². The lowest BCUT2D eigenvalue weighted by atomic mass is 10.2. The van der Waals surface area contributed by atoms with E-state index in [9.17, 15) is 22.8 Å². The van der Waals surface area contributed by atoms with Gasteiger partial charge in [-0.3, -0.25) is 19.3 Å². The van der Waals surface area contributed by atoms with Crippen molar-refractivity contribution in [3.05, 3.63) is 53.4 Å². The van der Waals surface area contributed by atoms with Gasteiger partial charge < -0.3 is 21.8 Å². The lowest BCUT2D eigenvalue weighted by Gasteiger charge is -2.13.